The molecule has 3 nitrogen and oxygen atoms in total. The zero-order valence-corrected chi connectivity index (χ0v) is 24.0. The third-order valence-electron chi connectivity index (χ3n) is 6.73. The summed E-state index contributed by atoms with van der Waals surface area (Å²) in [4.78, 5) is 12.8. The van der Waals surface area contributed by atoms with Gasteiger partial charge in [0.05, 0.1) is 5.56 Å². The van der Waals surface area contributed by atoms with Gasteiger partial charge in [0.1, 0.15) is 5.75 Å². The minimum absolute atomic E-state index is 0.0598. The lowest BCUT2D eigenvalue weighted by molar-refractivity contribution is 0.0952. The Morgan fingerprint density at radius 2 is 1.20 bits per heavy atom. The van der Waals surface area contributed by atoms with Crippen LogP contribution in [0.1, 0.15) is 120 Å². The van der Waals surface area contributed by atoms with Crippen molar-refractivity contribution in [1.29, 1.82) is 0 Å². The summed E-state index contributed by atoms with van der Waals surface area (Å²) >= 11 is 1.84. The molecule has 0 spiro atoms. The van der Waals surface area contributed by atoms with Crippen molar-refractivity contribution in [2.45, 2.75) is 110 Å². The molecule has 1 N–H and O–H groups in total. The number of hydrogen-bond acceptors (Lipinski definition) is 2. The quantitative estimate of drug-likeness (QED) is 0.123. The van der Waals surface area contributed by atoms with Crippen LogP contribution in [-0.2, 0) is 0 Å². The van der Waals surface area contributed by atoms with E-state index in [2.05, 4.69) is 24.4 Å². The van der Waals surface area contributed by atoms with Crippen molar-refractivity contribution < 1.29 is 7.86 Å². The molecule has 0 aliphatic heterocycles. The molecule has 0 heterocycles. The van der Waals surface area contributed by atoms with Crippen molar-refractivity contribution in [2.75, 3.05) is 6.54 Å². The monoisotopic (exact) mass is 591 g/mol. The first-order chi connectivity index (χ1) is 17.3. The van der Waals surface area contributed by atoms with E-state index in [-0.39, 0.29) is 5.91 Å². The number of halogens is 1. The van der Waals surface area contributed by atoms with Gasteiger partial charge in [0.2, 0.25) is 0 Å². The van der Waals surface area contributed by atoms with Crippen LogP contribution in [0.3, 0.4) is 0 Å². The van der Waals surface area contributed by atoms with Gasteiger partial charge in [-0.3, -0.25) is 4.79 Å². The molecule has 4 heteroatoms. The summed E-state index contributed by atoms with van der Waals surface area (Å²) in [5.74, 6) is 0.546. The molecule has 0 aliphatic carbocycles. The van der Waals surface area contributed by atoms with Gasteiger partial charge in [-0.25, -0.2) is 0 Å². The molecule has 2 aromatic rings. The second-order valence-electron chi connectivity index (χ2n) is 9.71. The minimum atomic E-state index is -0.0598. The topological polar surface area (TPSA) is 38.3 Å². The molecule has 0 saturated carbocycles. The van der Waals surface area contributed by atoms with Gasteiger partial charge in [0.25, 0.3) is 5.91 Å². The van der Waals surface area contributed by atoms with Crippen LogP contribution in [0.15, 0.2) is 48.5 Å². The highest BCUT2D eigenvalue weighted by atomic mass is 127. The van der Waals surface area contributed by atoms with E-state index in [9.17, 15) is 4.79 Å². The van der Waals surface area contributed by atoms with Gasteiger partial charge in [-0.2, -0.15) is 0 Å². The summed E-state index contributed by atoms with van der Waals surface area (Å²) in [5, 5.41) is 3.08. The summed E-state index contributed by atoms with van der Waals surface area (Å²) < 4.78 is 5.40. The maximum atomic E-state index is 12.8. The number of amides is 1. The summed E-state index contributed by atoms with van der Waals surface area (Å²) in [6.07, 6.45) is 21.7. The van der Waals surface area contributed by atoms with Crippen LogP contribution in [-0.4, -0.2) is 12.5 Å². The number of carbonyl (C=O) groups excluding carboxylic acids is 1. The molecule has 0 saturated heterocycles. The third-order valence-corrected chi connectivity index (χ3v) is 7.20. The van der Waals surface area contributed by atoms with Crippen molar-refractivity contribution in [3.63, 3.8) is 0 Å². The smallest absolute Gasteiger partial charge is 0.255 e. The van der Waals surface area contributed by atoms with Gasteiger partial charge in [-0.1, -0.05) is 140 Å². The van der Waals surface area contributed by atoms with E-state index in [0.717, 1.165) is 17.5 Å². The highest BCUT2D eigenvalue weighted by Gasteiger charge is 2.14. The van der Waals surface area contributed by atoms with E-state index in [4.69, 9.17) is 3.07 Å². The molecule has 2 aromatic carbocycles. The molecule has 0 bridgehead atoms. The van der Waals surface area contributed by atoms with E-state index in [1.807, 2.05) is 59.4 Å². The van der Waals surface area contributed by atoms with E-state index in [1.54, 1.807) is 0 Å². The Bertz CT molecular complexity index is 809. The fourth-order valence-electron chi connectivity index (χ4n) is 4.56. The first-order valence-corrected chi connectivity index (χ1v) is 14.9. The van der Waals surface area contributed by atoms with Crippen LogP contribution in [0.5, 0.6) is 5.75 Å². The maximum absolute atomic E-state index is 12.8. The molecule has 0 atom stereocenters. The van der Waals surface area contributed by atoms with Crippen molar-refractivity contribution in [3.8, 4) is 16.9 Å². The lowest BCUT2D eigenvalue weighted by Crippen LogP contribution is -2.24. The fraction of sp³-hybridized carbons (Fsp3) is 0.581. The number of nitrogens with one attached hydrogen (secondary N) is 1. The minimum Gasteiger partial charge on any atom is -0.427 e. The Hall–Kier alpha value is -1.56. The first kappa shape index (κ1) is 29.7. The Morgan fingerprint density at radius 1 is 0.686 bits per heavy atom. The summed E-state index contributed by atoms with van der Waals surface area (Å²) in [7, 11) is 0. The normalized spacial score (nSPS) is 10.9. The van der Waals surface area contributed by atoms with Crippen molar-refractivity contribution in [2.24, 2.45) is 0 Å². The Labute approximate surface area is 228 Å². The van der Waals surface area contributed by atoms with Crippen LogP contribution in [0, 0.1) is 0 Å². The van der Waals surface area contributed by atoms with E-state index >= 15 is 0 Å². The summed E-state index contributed by atoms with van der Waals surface area (Å²) in [5.41, 5.74) is 2.71. The molecule has 0 radical (unpaired) electrons. The van der Waals surface area contributed by atoms with Crippen molar-refractivity contribution in [1.82, 2.24) is 5.32 Å². The summed E-state index contributed by atoms with van der Waals surface area (Å²) in [6, 6.07) is 15.9. The van der Waals surface area contributed by atoms with Crippen LogP contribution >= 0.6 is 23.0 Å². The molecule has 194 valence electrons. The molecule has 0 fully saturated rings. The SMILES string of the molecule is CCCCCCCCCCCCCCCCCCNC(=O)c1cc(-c2ccccc2)ccc1OI. The van der Waals surface area contributed by atoms with Crippen LogP contribution in [0.2, 0.25) is 0 Å². The fourth-order valence-corrected chi connectivity index (χ4v) is 4.94. The van der Waals surface area contributed by atoms with Crippen molar-refractivity contribution in [3.05, 3.63) is 54.1 Å². The number of benzene rings is 2. The van der Waals surface area contributed by atoms with Gasteiger partial charge in [0.15, 0.2) is 23.0 Å². The van der Waals surface area contributed by atoms with Gasteiger partial charge in [-0.05, 0) is 29.7 Å². The number of unbranched alkanes of at least 4 members (excludes halogenated alkanes) is 15. The van der Waals surface area contributed by atoms with Gasteiger partial charge < -0.3 is 8.38 Å². The Balaban J connectivity index is 1.50. The van der Waals surface area contributed by atoms with Gasteiger partial charge in [0, 0.05) is 6.54 Å². The van der Waals surface area contributed by atoms with Crippen LogP contribution in [0.25, 0.3) is 11.1 Å². The standard InChI is InChI=1S/C31H46INO2/c1-2-3-4-5-6-7-8-9-10-11-12-13-14-15-16-20-25-33-31(34)29-26-28(23-24-30(29)35-32)27-21-18-17-19-22-27/h17-19,21-24,26H,2-16,20,25H2,1H3,(H,33,34). The van der Waals surface area contributed by atoms with Crippen LogP contribution < -0.4 is 8.38 Å². The number of rotatable bonds is 20. The molecule has 0 unspecified atom stereocenters. The second-order valence-corrected chi connectivity index (χ2v) is 10.2. The average Bonchev–Trinajstić information content (AvgIpc) is 2.90. The van der Waals surface area contributed by atoms with E-state index < -0.39 is 0 Å². The lowest BCUT2D eigenvalue weighted by atomic mass is 10.0. The van der Waals surface area contributed by atoms with Gasteiger partial charge >= 0.3 is 0 Å². The Kier molecular flexibility index (Phi) is 16.6. The highest BCUT2D eigenvalue weighted by Crippen LogP contribution is 2.28. The van der Waals surface area contributed by atoms with E-state index in [1.165, 1.54) is 96.3 Å². The predicted molar refractivity (Wildman–Crippen MR) is 158 cm³/mol. The van der Waals surface area contributed by atoms with E-state index in [0.29, 0.717) is 17.9 Å². The summed E-state index contributed by atoms with van der Waals surface area (Å²) in [6.45, 7) is 3.00. The van der Waals surface area contributed by atoms with Gasteiger partial charge in [-0.15, -0.1) is 0 Å². The zero-order valence-electron chi connectivity index (χ0n) is 21.8. The van der Waals surface area contributed by atoms with Crippen molar-refractivity contribution >= 4 is 28.9 Å². The lowest BCUT2D eigenvalue weighted by Gasteiger charge is -2.11. The maximum Gasteiger partial charge on any atom is 0.255 e. The first-order valence-electron chi connectivity index (χ1n) is 14.0. The number of carbonyl (C=O) groups is 1. The zero-order chi connectivity index (χ0) is 25.0. The predicted octanol–water partition coefficient (Wildman–Crippen LogP) is 10.1. The van der Waals surface area contributed by atoms with Crippen LogP contribution in [0.4, 0.5) is 0 Å². The molecule has 0 aliphatic rings. The average molecular weight is 592 g/mol. The number of hydrogen-bond donors (Lipinski definition) is 1. The molecule has 35 heavy (non-hydrogen) atoms. The Morgan fingerprint density at radius 3 is 1.71 bits per heavy atom. The molecule has 1 amide bonds. The molecule has 0 aromatic heterocycles. The second kappa shape index (κ2) is 19.6. The highest BCUT2D eigenvalue weighted by molar-refractivity contribution is 14.1. The largest absolute Gasteiger partial charge is 0.427 e. The third kappa shape index (κ3) is 12.8. The molecule has 2 rings (SSSR count). The molecular formula is C31H46INO2. The molecular weight excluding hydrogens is 545 g/mol.